The summed E-state index contributed by atoms with van der Waals surface area (Å²) in [7, 11) is 0. The Morgan fingerprint density at radius 1 is 1.44 bits per heavy atom. The van der Waals surface area contributed by atoms with Crippen molar-refractivity contribution in [2.24, 2.45) is 0 Å². The maximum atomic E-state index is 11.7. The first-order chi connectivity index (χ1) is 8.66. The second-order valence-electron chi connectivity index (χ2n) is 3.63. The lowest BCUT2D eigenvalue weighted by molar-refractivity contribution is -0.117. The van der Waals surface area contributed by atoms with Crippen molar-refractivity contribution in [2.75, 3.05) is 5.32 Å². The van der Waals surface area contributed by atoms with Gasteiger partial charge in [0.25, 0.3) is 5.91 Å². The average Bonchev–Trinajstić information content (AvgIpc) is 3.01. The number of rotatable bonds is 4. The van der Waals surface area contributed by atoms with Gasteiger partial charge < -0.3 is 15.1 Å². The maximum absolute atomic E-state index is 11.7. The second kappa shape index (κ2) is 5.17. The van der Waals surface area contributed by atoms with Crippen molar-refractivity contribution in [3.63, 3.8) is 0 Å². The Kier molecular flexibility index (Phi) is 3.42. The molecule has 3 N–H and O–H groups in total. The number of anilines is 1. The van der Waals surface area contributed by atoms with Crippen LogP contribution in [-0.4, -0.2) is 28.1 Å². The van der Waals surface area contributed by atoms with Gasteiger partial charge in [0, 0.05) is 6.07 Å². The van der Waals surface area contributed by atoms with Crippen LogP contribution >= 0.6 is 0 Å². The predicted molar refractivity (Wildman–Crippen MR) is 62.9 cm³/mol. The van der Waals surface area contributed by atoms with E-state index in [-0.39, 0.29) is 11.7 Å². The average molecular weight is 248 g/mol. The standard InChI is InChI=1S/C11H12N4O3/c1-7(10(16)14-9-4-5-12-15-9)13-11(17)8-3-2-6-18-8/h2-7H,1H3,(H,13,17)(H2,12,14,15,16). The highest BCUT2D eigenvalue weighted by Crippen LogP contribution is 2.02. The van der Waals surface area contributed by atoms with Gasteiger partial charge in [-0.3, -0.25) is 14.7 Å². The fourth-order valence-corrected chi connectivity index (χ4v) is 1.31. The number of aromatic amines is 1. The summed E-state index contributed by atoms with van der Waals surface area (Å²) >= 11 is 0. The molecule has 1 atom stereocenters. The molecule has 0 aliphatic carbocycles. The van der Waals surface area contributed by atoms with Gasteiger partial charge in [0.15, 0.2) is 5.76 Å². The zero-order chi connectivity index (χ0) is 13.0. The SMILES string of the molecule is CC(NC(=O)c1ccco1)C(=O)Nc1ccn[nH]1. The quantitative estimate of drug-likeness (QED) is 0.743. The van der Waals surface area contributed by atoms with E-state index in [4.69, 9.17) is 4.42 Å². The molecule has 0 fully saturated rings. The molecule has 0 spiro atoms. The van der Waals surface area contributed by atoms with Crippen LogP contribution in [0.1, 0.15) is 17.5 Å². The van der Waals surface area contributed by atoms with Crippen molar-refractivity contribution >= 4 is 17.6 Å². The number of aromatic nitrogens is 2. The van der Waals surface area contributed by atoms with E-state index in [9.17, 15) is 9.59 Å². The van der Waals surface area contributed by atoms with E-state index >= 15 is 0 Å². The molecule has 0 saturated heterocycles. The van der Waals surface area contributed by atoms with Gasteiger partial charge in [-0.25, -0.2) is 0 Å². The van der Waals surface area contributed by atoms with E-state index in [0.717, 1.165) is 0 Å². The minimum absolute atomic E-state index is 0.163. The fourth-order valence-electron chi connectivity index (χ4n) is 1.31. The highest BCUT2D eigenvalue weighted by Gasteiger charge is 2.18. The first-order valence-corrected chi connectivity index (χ1v) is 5.31. The zero-order valence-corrected chi connectivity index (χ0v) is 9.64. The minimum atomic E-state index is -0.689. The third-order valence-corrected chi connectivity index (χ3v) is 2.24. The Bertz CT molecular complexity index is 518. The molecule has 2 amide bonds. The summed E-state index contributed by atoms with van der Waals surface area (Å²) in [5, 5.41) is 11.4. The van der Waals surface area contributed by atoms with E-state index in [1.807, 2.05) is 0 Å². The first-order valence-electron chi connectivity index (χ1n) is 5.31. The number of hydrogen-bond acceptors (Lipinski definition) is 4. The summed E-state index contributed by atoms with van der Waals surface area (Å²) in [6.07, 6.45) is 2.91. The number of carbonyl (C=O) groups excluding carboxylic acids is 2. The van der Waals surface area contributed by atoms with Crippen molar-refractivity contribution in [1.82, 2.24) is 15.5 Å². The number of carbonyl (C=O) groups is 2. The molecule has 0 aliphatic heterocycles. The maximum Gasteiger partial charge on any atom is 0.287 e. The molecule has 1 unspecified atom stereocenters. The monoisotopic (exact) mass is 248 g/mol. The molecule has 2 rings (SSSR count). The topological polar surface area (TPSA) is 100 Å². The summed E-state index contributed by atoms with van der Waals surface area (Å²) < 4.78 is 4.92. The van der Waals surface area contributed by atoms with Crippen LogP contribution in [0.25, 0.3) is 0 Å². The number of furan rings is 1. The Morgan fingerprint density at radius 2 is 2.28 bits per heavy atom. The van der Waals surface area contributed by atoms with Crippen LogP contribution in [0.5, 0.6) is 0 Å². The summed E-state index contributed by atoms with van der Waals surface area (Å²) in [6, 6.07) is 4.05. The summed E-state index contributed by atoms with van der Waals surface area (Å²) in [5.41, 5.74) is 0. The van der Waals surface area contributed by atoms with E-state index < -0.39 is 11.9 Å². The fraction of sp³-hybridized carbons (Fsp3) is 0.182. The lowest BCUT2D eigenvalue weighted by Gasteiger charge is -2.12. The van der Waals surface area contributed by atoms with Crippen LogP contribution in [0.2, 0.25) is 0 Å². The number of hydrogen-bond donors (Lipinski definition) is 3. The molecule has 18 heavy (non-hydrogen) atoms. The molecule has 0 saturated carbocycles. The van der Waals surface area contributed by atoms with Crippen molar-refractivity contribution in [3.05, 3.63) is 36.4 Å². The molecular weight excluding hydrogens is 236 g/mol. The molecule has 7 heteroatoms. The molecule has 2 aromatic rings. The highest BCUT2D eigenvalue weighted by atomic mass is 16.3. The summed E-state index contributed by atoms with van der Waals surface area (Å²) in [5.74, 6) is -0.151. The van der Waals surface area contributed by atoms with E-state index in [0.29, 0.717) is 5.82 Å². The van der Waals surface area contributed by atoms with E-state index in [2.05, 4.69) is 20.8 Å². The van der Waals surface area contributed by atoms with Crippen LogP contribution < -0.4 is 10.6 Å². The molecule has 0 aromatic carbocycles. The van der Waals surface area contributed by atoms with Crippen LogP contribution in [0, 0.1) is 0 Å². The predicted octanol–water partition coefficient (Wildman–Crippen LogP) is 0.760. The number of amides is 2. The molecule has 0 radical (unpaired) electrons. The van der Waals surface area contributed by atoms with Gasteiger partial charge in [-0.2, -0.15) is 5.10 Å². The van der Waals surface area contributed by atoms with E-state index in [1.165, 1.54) is 18.5 Å². The lowest BCUT2D eigenvalue weighted by atomic mass is 10.3. The largest absolute Gasteiger partial charge is 0.459 e. The smallest absolute Gasteiger partial charge is 0.287 e. The van der Waals surface area contributed by atoms with E-state index in [1.54, 1.807) is 19.1 Å². The van der Waals surface area contributed by atoms with Gasteiger partial charge in [0.1, 0.15) is 11.9 Å². The second-order valence-corrected chi connectivity index (χ2v) is 3.63. The van der Waals surface area contributed by atoms with Crippen LogP contribution in [0.15, 0.2) is 35.1 Å². The number of nitrogens with one attached hydrogen (secondary N) is 3. The van der Waals surface area contributed by atoms with Gasteiger partial charge in [-0.15, -0.1) is 0 Å². The molecule has 0 aliphatic rings. The summed E-state index contributed by atoms with van der Waals surface area (Å²) in [6.45, 7) is 1.58. The normalized spacial score (nSPS) is 11.8. The van der Waals surface area contributed by atoms with Crippen LogP contribution in [0.3, 0.4) is 0 Å². The van der Waals surface area contributed by atoms with Gasteiger partial charge in [0.2, 0.25) is 5.91 Å². The van der Waals surface area contributed by atoms with Crippen molar-refractivity contribution < 1.29 is 14.0 Å². The van der Waals surface area contributed by atoms with Gasteiger partial charge in [-0.1, -0.05) is 0 Å². The van der Waals surface area contributed by atoms with Crippen molar-refractivity contribution in [1.29, 1.82) is 0 Å². The van der Waals surface area contributed by atoms with Gasteiger partial charge >= 0.3 is 0 Å². The van der Waals surface area contributed by atoms with Gasteiger partial charge in [-0.05, 0) is 19.1 Å². The van der Waals surface area contributed by atoms with Gasteiger partial charge in [0.05, 0.1) is 12.5 Å². The van der Waals surface area contributed by atoms with Crippen molar-refractivity contribution in [3.8, 4) is 0 Å². The Labute approximate surface area is 103 Å². The zero-order valence-electron chi connectivity index (χ0n) is 9.64. The highest BCUT2D eigenvalue weighted by molar-refractivity contribution is 5.99. The Morgan fingerprint density at radius 3 is 2.89 bits per heavy atom. The molecule has 7 nitrogen and oxygen atoms in total. The lowest BCUT2D eigenvalue weighted by Crippen LogP contribution is -2.41. The third kappa shape index (κ3) is 2.76. The molecular formula is C11H12N4O3. The Balaban J connectivity index is 1.89. The first kappa shape index (κ1) is 11.9. The van der Waals surface area contributed by atoms with Crippen LogP contribution in [0.4, 0.5) is 5.82 Å². The Hall–Kier alpha value is -2.57. The minimum Gasteiger partial charge on any atom is -0.459 e. The third-order valence-electron chi connectivity index (χ3n) is 2.24. The summed E-state index contributed by atoms with van der Waals surface area (Å²) in [4.78, 5) is 23.3. The molecule has 94 valence electrons. The number of nitrogens with zero attached hydrogens (tertiary/aromatic N) is 1. The molecule has 0 bridgehead atoms. The molecule has 2 aromatic heterocycles. The van der Waals surface area contributed by atoms with Crippen LogP contribution in [-0.2, 0) is 4.79 Å². The van der Waals surface area contributed by atoms with Crippen molar-refractivity contribution in [2.45, 2.75) is 13.0 Å². The number of H-pyrrole nitrogens is 1. The molecule has 2 heterocycles.